The van der Waals surface area contributed by atoms with Gasteiger partial charge >= 0.3 is 0 Å². The lowest BCUT2D eigenvalue weighted by Gasteiger charge is -2.20. The summed E-state index contributed by atoms with van der Waals surface area (Å²) < 4.78 is 0. The second kappa shape index (κ2) is 8.38. The van der Waals surface area contributed by atoms with E-state index in [1.54, 1.807) is 0 Å². The number of aryl methyl sites for hydroxylation is 4. The minimum absolute atomic E-state index is 0.0267. The van der Waals surface area contributed by atoms with E-state index in [2.05, 4.69) is 28.8 Å². The highest BCUT2D eigenvalue weighted by Gasteiger charge is 2.15. The van der Waals surface area contributed by atoms with E-state index in [1.165, 1.54) is 24.0 Å². The lowest BCUT2D eigenvalue weighted by molar-refractivity contribution is -0.120. The van der Waals surface area contributed by atoms with Crippen molar-refractivity contribution in [2.24, 2.45) is 0 Å². The van der Waals surface area contributed by atoms with Crippen molar-refractivity contribution in [3.05, 3.63) is 69.8 Å². The van der Waals surface area contributed by atoms with Crippen LogP contribution in [0.5, 0.6) is 0 Å². The third kappa shape index (κ3) is 4.97. The Morgan fingerprint density at radius 2 is 1.63 bits per heavy atom. The molecule has 27 heavy (non-hydrogen) atoms. The van der Waals surface area contributed by atoms with E-state index >= 15 is 0 Å². The van der Waals surface area contributed by atoms with E-state index in [0.717, 1.165) is 29.5 Å². The summed E-state index contributed by atoms with van der Waals surface area (Å²) >= 11 is 0. The van der Waals surface area contributed by atoms with Crippen molar-refractivity contribution in [2.45, 2.75) is 52.5 Å². The van der Waals surface area contributed by atoms with Gasteiger partial charge in [0.15, 0.2) is 0 Å². The van der Waals surface area contributed by atoms with E-state index in [9.17, 15) is 9.59 Å². The van der Waals surface area contributed by atoms with Crippen LogP contribution in [0.3, 0.4) is 0 Å². The number of hydrogen-bond acceptors (Lipinski definition) is 2. The van der Waals surface area contributed by atoms with Crippen LogP contribution in [0.1, 0.15) is 64.0 Å². The first kappa shape index (κ1) is 19.2. The minimum Gasteiger partial charge on any atom is -0.348 e. The molecule has 2 amide bonds. The predicted octanol–water partition coefficient (Wildman–Crippen LogP) is 3.79. The molecule has 4 nitrogen and oxygen atoms in total. The molecule has 2 aromatic carbocycles. The molecule has 0 aromatic heterocycles. The number of hydrogen-bond donors (Lipinski definition) is 2. The lowest BCUT2D eigenvalue weighted by atomic mass is 9.89. The Morgan fingerprint density at radius 3 is 2.33 bits per heavy atom. The van der Waals surface area contributed by atoms with Gasteiger partial charge in [-0.3, -0.25) is 9.59 Å². The second-order valence-electron chi connectivity index (χ2n) is 7.58. The molecule has 0 radical (unpaired) electrons. The van der Waals surface area contributed by atoms with Gasteiger partial charge in [0.2, 0.25) is 5.91 Å². The predicted molar refractivity (Wildman–Crippen MR) is 108 cm³/mol. The van der Waals surface area contributed by atoms with Gasteiger partial charge in [-0.25, -0.2) is 0 Å². The molecule has 0 spiro atoms. The lowest BCUT2D eigenvalue weighted by Crippen LogP contribution is -2.38. The molecule has 0 fully saturated rings. The van der Waals surface area contributed by atoms with Crippen LogP contribution >= 0.6 is 0 Å². The van der Waals surface area contributed by atoms with E-state index < -0.39 is 0 Å². The summed E-state index contributed by atoms with van der Waals surface area (Å²) in [6, 6.07) is 12.1. The van der Waals surface area contributed by atoms with Gasteiger partial charge in [0.25, 0.3) is 5.91 Å². The van der Waals surface area contributed by atoms with Crippen molar-refractivity contribution in [1.82, 2.24) is 10.6 Å². The Kier molecular flexibility index (Phi) is 5.94. The summed E-state index contributed by atoms with van der Waals surface area (Å²) in [5, 5.41) is 5.69. The molecule has 2 N–H and O–H groups in total. The molecule has 142 valence electrons. The first-order valence-corrected chi connectivity index (χ1v) is 9.70. The summed E-state index contributed by atoms with van der Waals surface area (Å²) in [4.78, 5) is 24.5. The monoisotopic (exact) mass is 364 g/mol. The van der Waals surface area contributed by atoms with Crippen LogP contribution in [0.2, 0.25) is 0 Å². The number of benzene rings is 2. The fourth-order valence-corrected chi connectivity index (χ4v) is 3.77. The Morgan fingerprint density at radius 1 is 0.963 bits per heavy atom. The quantitative estimate of drug-likeness (QED) is 0.848. The van der Waals surface area contributed by atoms with Crippen molar-refractivity contribution < 1.29 is 9.59 Å². The number of rotatable bonds is 5. The number of carbonyl (C=O) groups is 2. The van der Waals surface area contributed by atoms with E-state index in [1.807, 2.05) is 39.0 Å². The van der Waals surface area contributed by atoms with Crippen molar-refractivity contribution in [2.75, 3.05) is 6.54 Å². The van der Waals surface area contributed by atoms with Gasteiger partial charge < -0.3 is 10.6 Å². The van der Waals surface area contributed by atoms with Gasteiger partial charge in [-0.15, -0.1) is 0 Å². The van der Waals surface area contributed by atoms with Crippen LogP contribution in [-0.4, -0.2) is 18.4 Å². The highest BCUT2D eigenvalue weighted by atomic mass is 16.2. The number of carbonyl (C=O) groups excluding carboxylic acids is 2. The number of fused-ring (bicyclic) bond motifs is 1. The maximum absolute atomic E-state index is 12.3. The molecule has 2 aromatic rings. The van der Waals surface area contributed by atoms with E-state index in [0.29, 0.717) is 5.56 Å². The largest absolute Gasteiger partial charge is 0.348 e. The number of nitrogens with one attached hydrogen (secondary N) is 2. The van der Waals surface area contributed by atoms with Gasteiger partial charge in [-0.1, -0.05) is 35.4 Å². The van der Waals surface area contributed by atoms with Crippen LogP contribution in [0.4, 0.5) is 0 Å². The summed E-state index contributed by atoms with van der Waals surface area (Å²) in [6.45, 7) is 5.86. The Balaban J connectivity index is 1.55. The SMILES string of the molecule is Cc1cc(C)cc(C(=O)NCC(=O)NC(C)c2ccc3c(c2)CCCC3)c1. The average molecular weight is 364 g/mol. The zero-order chi connectivity index (χ0) is 19.4. The Bertz CT molecular complexity index is 837. The zero-order valence-electron chi connectivity index (χ0n) is 16.4. The van der Waals surface area contributed by atoms with Crippen LogP contribution in [-0.2, 0) is 17.6 Å². The van der Waals surface area contributed by atoms with Crippen LogP contribution < -0.4 is 10.6 Å². The molecular formula is C23H28N2O2. The molecule has 0 bridgehead atoms. The first-order chi connectivity index (χ1) is 12.9. The topological polar surface area (TPSA) is 58.2 Å². The normalized spacial score (nSPS) is 14.2. The van der Waals surface area contributed by atoms with Crippen molar-refractivity contribution in [3.63, 3.8) is 0 Å². The molecule has 1 aliphatic rings. The molecule has 1 atom stereocenters. The highest BCUT2D eigenvalue weighted by molar-refractivity contribution is 5.96. The van der Waals surface area contributed by atoms with Crippen LogP contribution in [0, 0.1) is 13.8 Å². The average Bonchev–Trinajstić information content (AvgIpc) is 2.64. The highest BCUT2D eigenvalue weighted by Crippen LogP contribution is 2.24. The molecule has 1 aliphatic carbocycles. The third-order valence-electron chi connectivity index (χ3n) is 5.14. The van der Waals surface area contributed by atoms with E-state index in [4.69, 9.17) is 0 Å². The second-order valence-corrected chi connectivity index (χ2v) is 7.58. The molecule has 4 heteroatoms. The summed E-state index contributed by atoms with van der Waals surface area (Å²) in [5.41, 5.74) is 6.61. The van der Waals surface area contributed by atoms with Gasteiger partial charge in [0.1, 0.15) is 0 Å². The smallest absolute Gasteiger partial charge is 0.251 e. The van der Waals surface area contributed by atoms with E-state index in [-0.39, 0.29) is 24.4 Å². The van der Waals surface area contributed by atoms with Gasteiger partial charge in [-0.2, -0.15) is 0 Å². The number of amides is 2. The van der Waals surface area contributed by atoms with Gasteiger partial charge in [0.05, 0.1) is 12.6 Å². The minimum atomic E-state index is -0.224. The molecule has 0 heterocycles. The van der Waals surface area contributed by atoms with Crippen LogP contribution in [0.25, 0.3) is 0 Å². The van der Waals surface area contributed by atoms with Crippen molar-refractivity contribution in [1.29, 1.82) is 0 Å². The summed E-state index contributed by atoms with van der Waals surface area (Å²) in [5.74, 6) is -0.406. The molecular weight excluding hydrogens is 336 g/mol. The first-order valence-electron chi connectivity index (χ1n) is 9.70. The maximum atomic E-state index is 12.3. The third-order valence-corrected chi connectivity index (χ3v) is 5.14. The Labute approximate surface area is 161 Å². The molecule has 0 aliphatic heterocycles. The maximum Gasteiger partial charge on any atom is 0.251 e. The zero-order valence-corrected chi connectivity index (χ0v) is 16.4. The summed E-state index contributed by atoms with van der Waals surface area (Å²) in [6.07, 6.45) is 4.77. The molecule has 1 unspecified atom stereocenters. The standard InChI is InChI=1S/C23H28N2O2/c1-15-10-16(2)12-21(11-15)23(27)24-14-22(26)25-17(3)19-9-8-18-6-4-5-7-20(18)13-19/h8-13,17H,4-7,14H2,1-3H3,(H,24,27)(H,25,26). The van der Waals surface area contributed by atoms with Crippen molar-refractivity contribution in [3.8, 4) is 0 Å². The molecule has 0 saturated carbocycles. The Hall–Kier alpha value is -2.62. The fraction of sp³-hybridized carbons (Fsp3) is 0.391. The summed E-state index contributed by atoms with van der Waals surface area (Å²) in [7, 11) is 0. The molecule has 0 saturated heterocycles. The van der Waals surface area contributed by atoms with Crippen LogP contribution in [0.15, 0.2) is 36.4 Å². The van der Waals surface area contributed by atoms with Gasteiger partial charge in [0, 0.05) is 5.56 Å². The van der Waals surface area contributed by atoms with Gasteiger partial charge in [-0.05, 0) is 75.3 Å². The molecule has 3 rings (SSSR count). The fourth-order valence-electron chi connectivity index (χ4n) is 3.77. The van der Waals surface area contributed by atoms with Crippen molar-refractivity contribution >= 4 is 11.8 Å².